The first kappa shape index (κ1) is 28.2. The lowest BCUT2D eigenvalue weighted by Crippen LogP contribution is -2.52. The van der Waals surface area contributed by atoms with Crippen LogP contribution in [0, 0.1) is 5.92 Å². The minimum atomic E-state index is -0.243. The molecule has 2 fully saturated rings. The normalized spacial score (nSPS) is 19.0. The van der Waals surface area contributed by atoms with E-state index in [9.17, 15) is 4.79 Å². The Balaban J connectivity index is 1.54. The largest absolute Gasteiger partial charge is 0.495 e. The lowest BCUT2D eigenvalue weighted by atomic mass is 10.0. The Morgan fingerprint density at radius 1 is 1.10 bits per heavy atom. The highest BCUT2D eigenvalue weighted by molar-refractivity contribution is 6.41. The number of aromatic nitrogens is 3. The number of amides is 1. The number of hydrogen-bond acceptors (Lipinski definition) is 10. The number of fused-ring (bicyclic) bond motifs is 1. The fourth-order valence-electron chi connectivity index (χ4n) is 4.57. The summed E-state index contributed by atoms with van der Waals surface area (Å²) in [4.78, 5) is 26.2. The molecule has 0 bridgehead atoms. The molecule has 5 rings (SSSR count). The van der Waals surface area contributed by atoms with Crippen molar-refractivity contribution in [2.45, 2.75) is 18.5 Å². The maximum atomic E-state index is 11.9. The average Bonchev–Trinajstić information content (AvgIpc) is 2.93. The van der Waals surface area contributed by atoms with Crippen molar-refractivity contribution in [3.8, 4) is 22.8 Å². The Morgan fingerprint density at radius 2 is 1.85 bits per heavy atom. The molecule has 0 aliphatic carbocycles. The number of methoxy groups -OCH3 is 2. The van der Waals surface area contributed by atoms with Crippen molar-refractivity contribution in [1.29, 1.82) is 0 Å². The van der Waals surface area contributed by atoms with Gasteiger partial charge in [0.2, 0.25) is 11.9 Å². The zero-order valence-electron chi connectivity index (χ0n) is 22.1. The van der Waals surface area contributed by atoms with Gasteiger partial charge in [0.05, 0.1) is 61.9 Å². The number of pyridine rings is 1. The Hall–Kier alpha value is -3.38. The first-order valence-electron chi connectivity index (χ1n) is 12.8. The lowest BCUT2D eigenvalue weighted by molar-refractivity contribution is -0.117. The molecule has 40 heavy (non-hydrogen) atoms. The van der Waals surface area contributed by atoms with Gasteiger partial charge in [0.25, 0.3) is 0 Å². The third-order valence-corrected chi connectivity index (χ3v) is 7.60. The molecule has 2 aromatic heterocycles. The van der Waals surface area contributed by atoms with E-state index < -0.39 is 0 Å². The van der Waals surface area contributed by atoms with E-state index in [4.69, 9.17) is 52.1 Å². The number of benzene rings is 1. The topological polar surface area (TPSA) is 129 Å². The third-order valence-electron chi connectivity index (χ3n) is 6.84. The van der Waals surface area contributed by atoms with Crippen LogP contribution in [-0.2, 0) is 14.3 Å². The molecule has 2 atom stereocenters. The van der Waals surface area contributed by atoms with Gasteiger partial charge >= 0.3 is 0 Å². The molecule has 0 unspecified atom stereocenters. The maximum Gasteiger partial charge on any atom is 0.243 e. The molecule has 3 N–H and O–H groups in total. The highest BCUT2D eigenvalue weighted by Crippen LogP contribution is 2.46. The zero-order chi connectivity index (χ0) is 28.2. The summed E-state index contributed by atoms with van der Waals surface area (Å²) in [5, 5.41) is 11.0. The molecule has 2 saturated heterocycles. The third kappa shape index (κ3) is 5.87. The van der Waals surface area contributed by atoms with E-state index >= 15 is 0 Å². The van der Waals surface area contributed by atoms with Crippen LogP contribution in [0.15, 0.2) is 31.0 Å². The van der Waals surface area contributed by atoms with Gasteiger partial charge in [-0.2, -0.15) is 0 Å². The second-order valence-electron chi connectivity index (χ2n) is 9.49. The van der Waals surface area contributed by atoms with Gasteiger partial charge in [-0.25, -0.2) is 15.0 Å². The number of anilines is 2. The minimum Gasteiger partial charge on any atom is -0.495 e. The standard InChI is InChI=1S/C27H30Cl2N6O5/c1-4-21(36)32-16-5-6-39-13-18(16)34-27-31-10-15-7-17(22-23(28)19(37-2)8-20(38-3)24(22)29)33-26(25(15)35-27)30-9-14-11-40-12-14/h4,7-8,10,14,16,18H,1,5-6,9,11-13H2,2-3H3,(H,30,33)(H,32,36)(H,31,34,35)/t16-,18+/m0/s1. The summed E-state index contributed by atoms with van der Waals surface area (Å²) < 4.78 is 21.9. The summed E-state index contributed by atoms with van der Waals surface area (Å²) in [7, 11) is 3.04. The van der Waals surface area contributed by atoms with E-state index in [1.54, 1.807) is 12.3 Å². The molecule has 13 heteroatoms. The van der Waals surface area contributed by atoms with Crippen LogP contribution in [0.25, 0.3) is 22.2 Å². The molecule has 3 aromatic rings. The summed E-state index contributed by atoms with van der Waals surface area (Å²) in [5.41, 5.74) is 1.58. The molecule has 2 aliphatic rings. The van der Waals surface area contributed by atoms with Crippen LogP contribution in [-0.4, -0.2) is 80.1 Å². The maximum absolute atomic E-state index is 11.9. The molecule has 4 heterocycles. The molecular weight excluding hydrogens is 559 g/mol. The molecular formula is C27H30Cl2N6O5. The van der Waals surface area contributed by atoms with Gasteiger partial charge in [-0.3, -0.25) is 4.79 Å². The Bertz CT molecular complexity index is 1390. The number of ether oxygens (including phenoxy) is 4. The molecule has 2 aliphatic heterocycles. The van der Waals surface area contributed by atoms with Crippen molar-refractivity contribution in [3.05, 3.63) is 41.0 Å². The minimum absolute atomic E-state index is 0.164. The van der Waals surface area contributed by atoms with Crippen LogP contribution < -0.4 is 25.4 Å². The van der Waals surface area contributed by atoms with Crippen molar-refractivity contribution >= 4 is 51.8 Å². The second kappa shape index (κ2) is 12.4. The first-order chi connectivity index (χ1) is 19.4. The molecule has 212 valence electrons. The van der Waals surface area contributed by atoms with E-state index in [1.165, 1.54) is 20.3 Å². The fourth-order valence-corrected chi connectivity index (χ4v) is 5.27. The van der Waals surface area contributed by atoms with E-state index in [0.29, 0.717) is 101 Å². The molecule has 0 radical (unpaired) electrons. The van der Waals surface area contributed by atoms with Gasteiger partial charge in [-0.15, -0.1) is 0 Å². The van der Waals surface area contributed by atoms with E-state index in [1.807, 2.05) is 6.07 Å². The van der Waals surface area contributed by atoms with Crippen molar-refractivity contribution in [3.63, 3.8) is 0 Å². The van der Waals surface area contributed by atoms with Crippen molar-refractivity contribution < 1.29 is 23.7 Å². The Morgan fingerprint density at radius 3 is 2.50 bits per heavy atom. The number of nitrogens with zero attached hydrogens (tertiary/aromatic N) is 3. The lowest BCUT2D eigenvalue weighted by Gasteiger charge is -2.32. The average molecular weight is 589 g/mol. The van der Waals surface area contributed by atoms with Gasteiger partial charge in [0.1, 0.15) is 17.0 Å². The summed E-state index contributed by atoms with van der Waals surface area (Å²) in [6, 6.07) is 3.06. The van der Waals surface area contributed by atoms with Crippen LogP contribution in [0.3, 0.4) is 0 Å². The zero-order valence-corrected chi connectivity index (χ0v) is 23.6. The number of halogens is 2. The van der Waals surface area contributed by atoms with Crippen LogP contribution in [0.5, 0.6) is 11.5 Å². The van der Waals surface area contributed by atoms with Crippen LogP contribution in [0.1, 0.15) is 6.42 Å². The van der Waals surface area contributed by atoms with Gasteiger partial charge < -0.3 is 34.9 Å². The summed E-state index contributed by atoms with van der Waals surface area (Å²) >= 11 is 13.4. The summed E-state index contributed by atoms with van der Waals surface area (Å²) in [6.07, 6.45) is 3.61. The van der Waals surface area contributed by atoms with E-state index in [0.717, 1.165) is 0 Å². The Kier molecular flexibility index (Phi) is 8.75. The van der Waals surface area contributed by atoms with Crippen molar-refractivity contribution in [1.82, 2.24) is 20.3 Å². The first-order valence-corrected chi connectivity index (χ1v) is 13.5. The van der Waals surface area contributed by atoms with E-state index in [-0.39, 0.29) is 18.0 Å². The quantitative estimate of drug-likeness (QED) is 0.299. The highest BCUT2D eigenvalue weighted by Gasteiger charge is 2.28. The Labute approximate surface area is 241 Å². The SMILES string of the molecule is C=CC(=O)N[C@H]1CCOC[C@H]1Nc1ncc2cc(-c3c(Cl)c(OC)cc(OC)c3Cl)nc(NCC3COC3)c2n1. The van der Waals surface area contributed by atoms with E-state index in [2.05, 4.69) is 27.5 Å². The second-order valence-corrected chi connectivity index (χ2v) is 10.2. The smallest absolute Gasteiger partial charge is 0.243 e. The van der Waals surface area contributed by atoms with Crippen LogP contribution >= 0.6 is 23.2 Å². The van der Waals surface area contributed by atoms with Crippen LogP contribution in [0.2, 0.25) is 10.0 Å². The molecule has 1 amide bonds. The van der Waals surface area contributed by atoms with Crippen molar-refractivity contribution in [2.75, 3.05) is 57.8 Å². The predicted octanol–water partition coefficient (Wildman–Crippen LogP) is 3.95. The molecule has 0 spiro atoms. The van der Waals surface area contributed by atoms with Gasteiger partial charge in [-0.1, -0.05) is 29.8 Å². The van der Waals surface area contributed by atoms with Gasteiger partial charge in [0.15, 0.2) is 5.82 Å². The fraction of sp³-hybridized carbons (Fsp3) is 0.407. The number of hydrogen-bond donors (Lipinski definition) is 3. The van der Waals surface area contributed by atoms with Crippen molar-refractivity contribution in [2.24, 2.45) is 5.92 Å². The summed E-state index contributed by atoms with van der Waals surface area (Å²) in [5.74, 6) is 1.85. The molecule has 0 saturated carbocycles. The van der Waals surface area contributed by atoms with Gasteiger partial charge in [-0.05, 0) is 18.6 Å². The molecule has 11 nitrogen and oxygen atoms in total. The monoisotopic (exact) mass is 588 g/mol. The predicted molar refractivity (Wildman–Crippen MR) is 154 cm³/mol. The number of carbonyl (C=O) groups excluding carboxylic acids is 1. The van der Waals surface area contributed by atoms with Crippen LogP contribution in [0.4, 0.5) is 11.8 Å². The summed E-state index contributed by atoms with van der Waals surface area (Å²) in [6.45, 7) is 6.48. The van der Waals surface area contributed by atoms with Gasteiger partial charge in [0, 0.05) is 42.3 Å². The molecule has 1 aromatic carbocycles. The number of carbonyl (C=O) groups is 1. The number of nitrogens with one attached hydrogen (secondary N) is 3. The highest BCUT2D eigenvalue weighted by atomic mass is 35.5. The number of rotatable bonds is 10.